The normalized spacial score (nSPS) is 26.9. The predicted octanol–water partition coefficient (Wildman–Crippen LogP) is 7.39. The molecule has 14 nitrogen and oxygen atoms in total. The van der Waals surface area contributed by atoms with Gasteiger partial charge in [-0.1, -0.05) is 206 Å². The van der Waals surface area contributed by atoms with Gasteiger partial charge in [-0.15, -0.1) is 0 Å². The lowest BCUT2D eigenvalue weighted by atomic mass is 9.97. The van der Waals surface area contributed by atoms with Crippen molar-refractivity contribution >= 4 is 5.91 Å². The van der Waals surface area contributed by atoms with E-state index in [1.54, 1.807) is 0 Å². The van der Waals surface area contributed by atoms with Gasteiger partial charge in [-0.25, -0.2) is 0 Å². The molecule has 1 amide bonds. The second-order valence-electron chi connectivity index (χ2n) is 19.4. The van der Waals surface area contributed by atoms with E-state index in [0.29, 0.717) is 12.8 Å². The van der Waals surface area contributed by atoms with Crippen LogP contribution in [0.5, 0.6) is 0 Å². The molecule has 2 saturated heterocycles. The van der Waals surface area contributed by atoms with E-state index in [1.165, 1.54) is 148 Å². The van der Waals surface area contributed by atoms with Gasteiger partial charge in [0, 0.05) is 6.42 Å². The van der Waals surface area contributed by atoms with Gasteiger partial charge in [0.25, 0.3) is 0 Å². The Hall–Kier alpha value is -1.01. The summed E-state index contributed by atoms with van der Waals surface area (Å²) in [5.41, 5.74) is 0. The second-order valence-corrected chi connectivity index (χ2v) is 19.4. The number of carbonyl (C=O) groups is 1. The number of amides is 1. The summed E-state index contributed by atoms with van der Waals surface area (Å²) in [6, 6.07) is -0.820. The van der Waals surface area contributed by atoms with Crippen molar-refractivity contribution in [2.45, 2.75) is 299 Å². The quantitative estimate of drug-likeness (QED) is 0.0273. The molecular formula is C51H99NO13. The minimum absolute atomic E-state index is 0.204. The molecule has 2 fully saturated rings. The van der Waals surface area contributed by atoms with Crippen LogP contribution in [0, 0.1) is 0 Å². The number of ether oxygens (including phenoxy) is 4. The van der Waals surface area contributed by atoms with Gasteiger partial charge in [-0.05, 0) is 12.8 Å². The largest absolute Gasteiger partial charge is 0.394 e. The van der Waals surface area contributed by atoms with E-state index in [2.05, 4.69) is 19.2 Å². The fourth-order valence-corrected chi connectivity index (χ4v) is 9.18. The lowest BCUT2D eigenvalue weighted by molar-refractivity contribution is -0.359. The zero-order chi connectivity index (χ0) is 47.5. The van der Waals surface area contributed by atoms with Crippen LogP contribution in [0.15, 0.2) is 0 Å². The zero-order valence-corrected chi connectivity index (χ0v) is 41.0. The molecule has 2 aliphatic heterocycles. The van der Waals surface area contributed by atoms with Gasteiger partial charge in [0.2, 0.25) is 5.91 Å². The Balaban J connectivity index is 1.80. The standard InChI is InChI=1S/C51H99NO13/c1-3-5-7-9-11-13-15-17-18-19-20-21-23-24-26-28-30-32-34-40(55)39(52-43(56)35-33-31-29-27-25-22-16-14-12-10-8-6-4-2)38-62-50-48(61)46(59)49(42(37-54)64-50)65-51-47(60)45(58)44(57)41(36-53)63-51/h39-42,44-51,53-55,57-61H,3-38H2,1-2H3,(H,52,56). The number of nitrogens with one attached hydrogen (secondary N) is 1. The lowest BCUT2D eigenvalue weighted by Crippen LogP contribution is -2.65. The lowest BCUT2D eigenvalue weighted by Gasteiger charge is -2.46. The molecule has 0 radical (unpaired) electrons. The van der Waals surface area contributed by atoms with Gasteiger partial charge in [-0.2, -0.15) is 0 Å². The molecule has 386 valence electrons. The number of carbonyl (C=O) groups excluding carboxylic acids is 1. The highest BCUT2D eigenvalue weighted by atomic mass is 16.7. The van der Waals surface area contributed by atoms with Crippen LogP contribution >= 0.6 is 0 Å². The molecule has 0 spiro atoms. The predicted molar refractivity (Wildman–Crippen MR) is 254 cm³/mol. The van der Waals surface area contributed by atoms with E-state index in [0.717, 1.165) is 51.4 Å². The fourth-order valence-electron chi connectivity index (χ4n) is 9.18. The van der Waals surface area contributed by atoms with E-state index >= 15 is 0 Å². The summed E-state index contributed by atoms with van der Waals surface area (Å²) in [5, 5.41) is 87.0. The summed E-state index contributed by atoms with van der Waals surface area (Å²) in [5.74, 6) is -0.204. The number of unbranched alkanes of at least 4 members (excludes halogenated alkanes) is 29. The summed E-state index contributed by atoms with van der Waals surface area (Å²) in [4.78, 5) is 13.2. The maximum Gasteiger partial charge on any atom is 0.220 e. The van der Waals surface area contributed by atoms with Gasteiger partial charge in [0.15, 0.2) is 12.6 Å². The first kappa shape index (κ1) is 60.1. The second kappa shape index (κ2) is 38.8. The molecule has 0 aromatic carbocycles. The van der Waals surface area contributed by atoms with Crippen LogP contribution in [0.3, 0.4) is 0 Å². The Labute approximate surface area is 393 Å². The highest BCUT2D eigenvalue weighted by molar-refractivity contribution is 5.76. The third-order valence-electron chi connectivity index (χ3n) is 13.6. The van der Waals surface area contributed by atoms with E-state index < -0.39 is 86.8 Å². The maximum atomic E-state index is 13.2. The SMILES string of the molecule is CCCCCCCCCCCCCCCCCCCCC(O)C(COC1OC(CO)C(OC2OC(CO)C(O)C(O)C2O)C(O)C1O)NC(=O)CCCCCCCCCCCCCCC. The first-order chi connectivity index (χ1) is 31.6. The summed E-state index contributed by atoms with van der Waals surface area (Å²) < 4.78 is 22.8. The van der Waals surface area contributed by atoms with Crippen LogP contribution in [-0.2, 0) is 23.7 Å². The minimum atomic E-state index is -1.78. The van der Waals surface area contributed by atoms with Gasteiger partial charge in [-0.3, -0.25) is 4.79 Å². The number of hydrogen-bond acceptors (Lipinski definition) is 13. The monoisotopic (exact) mass is 934 g/mol. The molecule has 0 aliphatic carbocycles. The van der Waals surface area contributed by atoms with E-state index in [-0.39, 0.29) is 12.5 Å². The Morgan fingerprint density at radius 3 is 1.31 bits per heavy atom. The molecule has 12 atom stereocenters. The third-order valence-corrected chi connectivity index (χ3v) is 13.6. The van der Waals surface area contributed by atoms with Gasteiger partial charge < -0.3 is 65.1 Å². The van der Waals surface area contributed by atoms with Crippen LogP contribution in [0.4, 0.5) is 0 Å². The molecule has 9 N–H and O–H groups in total. The maximum absolute atomic E-state index is 13.2. The molecule has 12 unspecified atom stereocenters. The topological polar surface area (TPSA) is 228 Å². The van der Waals surface area contributed by atoms with Crippen molar-refractivity contribution < 1.29 is 64.6 Å². The average Bonchev–Trinajstić information content (AvgIpc) is 3.30. The highest BCUT2D eigenvalue weighted by Crippen LogP contribution is 2.30. The molecular weight excluding hydrogens is 835 g/mol. The first-order valence-electron chi connectivity index (χ1n) is 26.8. The average molecular weight is 934 g/mol. The van der Waals surface area contributed by atoms with Crippen molar-refractivity contribution in [3.8, 4) is 0 Å². The molecule has 0 aromatic rings. The molecule has 0 saturated carbocycles. The minimum Gasteiger partial charge on any atom is -0.394 e. The molecule has 0 aromatic heterocycles. The van der Waals surface area contributed by atoms with Crippen LogP contribution in [0.2, 0.25) is 0 Å². The Morgan fingerprint density at radius 1 is 0.492 bits per heavy atom. The zero-order valence-electron chi connectivity index (χ0n) is 41.0. The van der Waals surface area contributed by atoms with Crippen molar-refractivity contribution in [2.24, 2.45) is 0 Å². The van der Waals surface area contributed by atoms with Crippen LogP contribution in [0.1, 0.15) is 226 Å². The van der Waals surface area contributed by atoms with Crippen molar-refractivity contribution in [1.82, 2.24) is 5.32 Å². The Morgan fingerprint density at radius 2 is 0.877 bits per heavy atom. The van der Waals surface area contributed by atoms with E-state index in [4.69, 9.17) is 18.9 Å². The van der Waals surface area contributed by atoms with E-state index in [9.17, 15) is 45.6 Å². The summed E-state index contributed by atoms with van der Waals surface area (Å²) in [6.45, 7) is 2.87. The smallest absolute Gasteiger partial charge is 0.220 e. The number of hydrogen-bond donors (Lipinski definition) is 9. The van der Waals surface area contributed by atoms with Crippen LogP contribution < -0.4 is 5.32 Å². The third kappa shape index (κ3) is 26.0. The van der Waals surface area contributed by atoms with Crippen LogP contribution in [-0.4, -0.2) is 140 Å². The molecule has 14 heteroatoms. The van der Waals surface area contributed by atoms with Gasteiger partial charge in [0.05, 0.1) is 32.0 Å². The molecule has 0 bridgehead atoms. The van der Waals surface area contributed by atoms with Crippen molar-refractivity contribution in [2.75, 3.05) is 19.8 Å². The molecule has 2 aliphatic rings. The Kier molecular flexibility index (Phi) is 35.9. The highest BCUT2D eigenvalue weighted by Gasteiger charge is 2.51. The first-order valence-corrected chi connectivity index (χ1v) is 26.8. The number of rotatable bonds is 42. The molecule has 2 heterocycles. The summed E-state index contributed by atoms with van der Waals surface area (Å²) >= 11 is 0. The van der Waals surface area contributed by atoms with E-state index in [1.807, 2.05) is 0 Å². The van der Waals surface area contributed by atoms with Crippen LogP contribution in [0.25, 0.3) is 0 Å². The molecule has 2 rings (SSSR count). The summed E-state index contributed by atoms with van der Waals surface area (Å²) in [6.07, 6.45) is 22.4. The van der Waals surface area contributed by atoms with Gasteiger partial charge in [0.1, 0.15) is 48.8 Å². The Bertz CT molecular complexity index is 1100. The van der Waals surface area contributed by atoms with Gasteiger partial charge >= 0.3 is 0 Å². The van der Waals surface area contributed by atoms with Crippen molar-refractivity contribution in [3.63, 3.8) is 0 Å². The van der Waals surface area contributed by atoms with Crippen molar-refractivity contribution in [3.05, 3.63) is 0 Å². The number of aliphatic hydroxyl groups is 8. The fraction of sp³-hybridized carbons (Fsp3) is 0.980. The summed E-state index contributed by atoms with van der Waals surface area (Å²) in [7, 11) is 0. The molecule has 65 heavy (non-hydrogen) atoms. The number of aliphatic hydroxyl groups excluding tert-OH is 8. The van der Waals surface area contributed by atoms with Crippen molar-refractivity contribution in [1.29, 1.82) is 0 Å².